The van der Waals surface area contributed by atoms with E-state index in [2.05, 4.69) is 19.9 Å². The second kappa shape index (κ2) is 5.36. The topological polar surface area (TPSA) is 45.4 Å². The summed E-state index contributed by atoms with van der Waals surface area (Å²) in [6, 6.07) is 0.789. The number of nitrogens with zero attached hydrogens (tertiary/aromatic N) is 4. The van der Waals surface area contributed by atoms with Crippen molar-refractivity contribution in [2.45, 2.75) is 38.6 Å². The summed E-state index contributed by atoms with van der Waals surface area (Å²) < 4.78 is 5.18. The minimum Gasteiger partial charge on any atom is -0.339 e. The van der Waals surface area contributed by atoms with Crippen molar-refractivity contribution in [2.75, 3.05) is 32.7 Å². The zero-order chi connectivity index (χ0) is 12.4. The van der Waals surface area contributed by atoms with Crippen molar-refractivity contribution in [3.63, 3.8) is 0 Å². The van der Waals surface area contributed by atoms with E-state index in [1.165, 1.54) is 45.4 Å². The Bertz CT molecular complexity index is 392. The van der Waals surface area contributed by atoms with Crippen LogP contribution in [0.15, 0.2) is 4.52 Å². The average molecular weight is 250 g/mol. The van der Waals surface area contributed by atoms with Crippen LogP contribution in [-0.4, -0.2) is 58.7 Å². The molecular weight excluding hydrogens is 228 g/mol. The summed E-state index contributed by atoms with van der Waals surface area (Å²) in [4.78, 5) is 9.50. The molecule has 5 heteroatoms. The summed E-state index contributed by atoms with van der Waals surface area (Å²) in [6.07, 6.45) is 4.92. The zero-order valence-electron chi connectivity index (χ0n) is 11.1. The lowest BCUT2D eigenvalue weighted by Crippen LogP contribution is -2.37. The lowest BCUT2D eigenvalue weighted by molar-refractivity contribution is 0.217. The van der Waals surface area contributed by atoms with Crippen LogP contribution in [0.2, 0.25) is 0 Å². The highest BCUT2D eigenvalue weighted by Crippen LogP contribution is 2.21. The molecule has 2 saturated heterocycles. The van der Waals surface area contributed by atoms with Gasteiger partial charge in [0.05, 0.1) is 0 Å². The summed E-state index contributed by atoms with van der Waals surface area (Å²) in [7, 11) is 0. The van der Waals surface area contributed by atoms with Crippen molar-refractivity contribution in [3.05, 3.63) is 11.7 Å². The highest BCUT2D eigenvalue weighted by atomic mass is 16.5. The first kappa shape index (κ1) is 12.1. The van der Waals surface area contributed by atoms with E-state index in [-0.39, 0.29) is 0 Å². The molecule has 0 N–H and O–H groups in total. The lowest BCUT2D eigenvalue weighted by atomic mass is 10.2. The Hall–Kier alpha value is -0.940. The van der Waals surface area contributed by atoms with E-state index in [1.807, 2.05) is 6.92 Å². The fourth-order valence-corrected chi connectivity index (χ4v) is 3.18. The van der Waals surface area contributed by atoms with Crippen LogP contribution in [0.1, 0.15) is 31.0 Å². The molecule has 0 amide bonds. The van der Waals surface area contributed by atoms with E-state index < -0.39 is 0 Å². The smallest absolute Gasteiger partial charge is 0.227 e. The monoisotopic (exact) mass is 250 g/mol. The van der Waals surface area contributed by atoms with Crippen molar-refractivity contribution in [2.24, 2.45) is 0 Å². The highest BCUT2D eigenvalue weighted by molar-refractivity contribution is 4.87. The van der Waals surface area contributed by atoms with Gasteiger partial charge in [-0.25, -0.2) is 0 Å². The van der Waals surface area contributed by atoms with E-state index in [4.69, 9.17) is 4.52 Å². The third kappa shape index (κ3) is 2.72. The van der Waals surface area contributed by atoms with Gasteiger partial charge in [-0.05, 0) is 45.8 Å². The third-order valence-electron chi connectivity index (χ3n) is 4.10. The Kier molecular flexibility index (Phi) is 3.61. The second-order valence-electron chi connectivity index (χ2n) is 5.47. The Labute approximate surface area is 108 Å². The molecule has 1 atom stereocenters. The first-order valence-corrected chi connectivity index (χ1v) is 7.07. The predicted octanol–water partition coefficient (Wildman–Crippen LogP) is 1.09. The maximum atomic E-state index is 5.18. The standard InChI is InChI=1S/C13H22N4O/c1-11-14-13(18-15-11)5-9-16-6-3-8-17-7-2-4-12(17)10-16/h12H,2-10H2,1H3. The van der Waals surface area contributed by atoms with Crippen LogP contribution < -0.4 is 0 Å². The molecule has 1 aromatic heterocycles. The second-order valence-corrected chi connectivity index (χ2v) is 5.47. The SMILES string of the molecule is Cc1noc(CCN2CCCN3CCCC3C2)n1. The van der Waals surface area contributed by atoms with Gasteiger partial charge < -0.3 is 9.42 Å². The molecule has 0 aromatic carbocycles. The molecule has 1 unspecified atom stereocenters. The van der Waals surface area contributed by atoms with E-state index in [9.17, 15) is 0 Å². The van der Waals surface area contributed by atoms with Crippen molar-refractivity contribution in [3.8, 4) is 0 Å². The van der Waals surface area contributed by atoms with Crippen LogP contribution in [0.25, 0.3) is 0 Å². The van der Waals surface area contributed by atoms with Gasteiger partial charge in [-0.15, -0.1) is 0 Å². The van der Waals surface area contributed by atoms with Gasteiger partial charge >= 0.3 is 0 Å². The van der Waals surface area contributed by atoms with Crippen molar-refractivity contribution < 1.29 is 4.52 Å². The van der Waals surface area contributed by atoms with Gasteiger partial charge in [0.25, 0.3) is 0 Å². The molecule has 18 heavy (non-hydrogen) atoms. The number of rotatable bonds is 3. The van der Waals surface area contributed by atoms with Crippen molar-refractivity contribution in [1.82, 2.24) is 19.9 Å². The Balaban J connectivity index is 1.52. The van der Waals surface area contributed by atoms with Crippen LogP contribution >= 0.6 is 0 Å². The molecule has 0 aliphatic carbocycles. The number of hydrogen-bond acceptors (Lipinski definition) is 5. The van der Waals surface area contributed by atoms with Crippen LogP contribution in [0.4, 0.5) is 0 Å². The minimum absolute atomic E-state index is 0.739. The number of fused-ring (bicyclic) bond motifs is 1. The Morgan fingerprint density at radius 3 is 3.00 bits per heavy atom. The summed E-state index contributed by atoms with van der Waals surface area (Å²) in [6.45, 7) is 7.93. The molecule has 1 aromatic rings. The largest absolute Gasteiger partial charge is 0.339 e. The van der Waals surface area contributed by atoms with E-state index in [1.54, 1.807) is 0 Å². The number of hydrogen-bond donors (Lipinski definition) is 0. The van der Waals surface area contributed by atoms with Crippen LogP contribution in [0, 0.1) is 6.92 Å². The summed E-state index contributed by atoms with van der Waals surface area (Å²) in [5.41, 5.74) is 0. The van der Waals surface area contributed by atoms with E-state index >= 15 is 0 Å². The summed E-state index contributed by atoms with van der Waals surface area (Å²) >= 11 is 0. The summed E-state index contributed by atoms with van der Waals surface area (Å²) in [5.74, 6) is 1.52. The van der Waals surface area contributed by atoms with Crippen LogP contribution in [-0.2, 0) is 6.42 Å². The first-order valence-electron chi connectivity index (χ1n) is 7.07. The fraction of sp³-hybridized carbons (Fsp3) is 0.846. The molecule has 0 spiro atoms. The molecule has 3 rings (SSSR count). The normalized spacial score (nSPS) is 26.2. The molecule has 0 saturated carbocycles. The zero-order valence-corrected chi connectivity index (χ0v) is 11.1. The van der Waals surface area contributed by atoms with Crippen LogP contribution in [0.3, 0.4) is 0 Å². The predicted molar refractivity (Wildman–Crippen MR) is 68.4 cm³/mol. The minimum atomic E-state index is 0.739. The molecular formula is C13H22N4O. The first-order chi connectivity index (χ1) is 8.81. The van der Waals surface area contributed by atoms with Gasteiger partial charge in [-0.1, -0.05) is 5.16 Å². The molecule has 100 valence electrons. The molecule has 5 nitrogen and oxygen atoms in total. The van der Waals surface area contributed by atoms with Crippen LogP contribution in [0.5, 0.6) is 0 Å². The van der Waals surface area contributed by atoms with Gasteiger partial charge in [0.1, 0.15) is 0 Å². The van der Waals surface area contributed by atoms with Gasteiger partial charge in [0.15, 0.2) is 5.82 Å². The maximum Gasteiger partial charge on any atom is 0.227 e. The summed E-state index contributed by atoms with van der Waals surface area (Å²) in [5, 5.41) is 3.84. The van der Waals surface area contributed by atoms with Crippen molar-refractivity contribution >= 4 is 0 Å². The van der Waals surface area contributed by atoms with Crippen molar-refractivity contribution in [1.29, 1.82) is 0 Å². The molecule has 2 fully saturated rings. The quantitative estimate of drug-likeness (QED) is 0.803. The Morgan fingerprint density at radius 2 is 2.17 bits per heavy atom. The molecule has 2 aliphatic heterocycles. The van der Waals surface area contributed by atoms with E-state index in [0.717, 1.165) is 30.7 Å². The van der Waals surface area contributed by atoms with Gasteiger partial charge in [0.2, 0.25) is 5.89 Å². The number of aromatic nitrogens is 2. The molecule has 0 bridgehead atoms. The highest BCUT2D eigenvalue weighted by Gasteiger charge is 2.28. The van der Waals surface area contributed by atoms with Gasteiger partial charge in [0, 0.05) is 25.6 Å². The fourth-order valence-electron chi connectivity index (χ4n) is 3.18. The Morgan fingerprint density at radius 1 is 1.28 bits per heavy atom. The maximum absolute atomic E-state index is 5.18. The molecule has 2 aliphatic rings. The average Bonchev–Trinajstić information content (AvgIpc) is 2.92. The van der Waals surface area contributed by atoms with Gasteiger partial charge in [-0.3, -0.25) is 4.90 Å². The molecule has 3 heterocycles. The van der Waals surface area contributed by atoms with Gasteiger partial charge in [-0.2, -0.15) is 4.98 Å². The molecule has 0 radical (unpaired) electrons. The van der Waals surface area contributed by atoms with E-state index in [0.29, 0.717) is 0 Å². The number of aryl methyl sites for hydroxylation is 1. The third-order valence-corrected chi connectivity index (χ3v) is 4.10. The lowest BCUT2D eigenvalue weighted by Gasteiger charge is -2.25.